The Bertz CT molecular complexity index is 574. The second kappa shape index (κ2) is 7.32. The van der Waals surface area contributed by atoms with Crippen LogP contribution in [0.3, 0.4) is 0 Å². The molecule has 1 aromatic carbocycles. The molecular formula is C18H26N2O3. The highest BCUT2D eigenvalue weighted by molar-refractivity contribution is 5.82. The molecule has 1 fully saturated rings. The number of piperazine rings is 1. The minimum atomic E-state index is -0.253. The number of carbonyl (C=O) groups excluding carboxylic acids is 1. The molecule has 126 valence electrons. The summed E-state index contributed by atoms with van der Waals surface area (Å²) < 4.78 is 5.85. The van der Waals surface area contributed by atoms with E-state index in [1.807, 2.05) is 6.92 Å². The lowest BCUT2D eigenvalue weighted by Gasteiger charge is -2.35. The van der Waals surface area contributed by atoms with Crippen LogP contribution in [0, 0.1) is 0 Å². The molecule has 2 aliphatic rings. The van der Waals surface area contributed by atoms with E-state index < -0.39 is 0 Å². The van der Waals surface area contributed by atoms with Crippen molar-refractivity contribution in [1.29, 1.82) is 0 Å². The van der Waals surface area contributed by atoms with Crippen molar-refractivity contribution in [2.24, 2.45) is 0 Å². The van der Waals surface area contributed by atoms with E-state index in [9.17, 15) is 9.90 Å². The maximum Gasteiger partial charge on any atom is 0.237 e. The number of aryl methyl sites for hydroxylation is 2. The molecular weight excluding hydrogens is 292 g/mol. The molecule has 1 atom stereocenters. The molecule has 0 aromatic heterocycles. The average molecular weight is 318 g/mol. The van der Waals surface area contributed by atoms with Crippen LogP contribution in [0.2, 0.25) is 0 Å². The van der Waals surface area contributed by atoms with Gasteiger partial charge in [0.25, 0.3) is 0 Å². The molecule has 0 saturated carbocycles. The fourth-order valence-electron chi connectivity index (χ4n) is 3.67. The zero-order valence-corrected chi connectivity index (χ0v) is 13.8. The molecule has 5 nitrogen and oxygen atoms in total. The van der Waals surface area contributed by atoms with Gasteiger partial charge in [0.2, 0.25) is 5.91 Å². The van der Waals surface area contributed by atoms with Gasteiger partial charge in [-0.1, -0.05) is 6.07 Å². The maximum atomic E-state index is 12.1. The Morgan fingerprint density at radius 1 is 1.35 bits per heavy atom. The number of amides is 1. The molecule has 0 radical (unpaired) electrons. The molecule has 3 rings (SSSR count). The maximum absolute atomic E-state index is 12.1. The topological polar surface area (TPSA) is 61.8 Å². The van der Waals surface area contributed by atoms with Crippen LogP contribution in [0.15, 0.2) is 12.1 Å². The third-order valence-corrected chi connectivity index (χ3v) is 4.79. The molecule has 1 heterocycles. The molecule has 1 aliphatic carbocycles. The molecule has 23 heavy (non-hydrogen) atoms. The van der Waals surface area contributed by atoms with Crippen molar-refractivity contribution in [3.05, 3.63) is 28.8 Å². The van der Waals surface area contributed by atoms with E-state index >= 15 is 0 Å². The van der Waals surface area contributed by atoms with Crippen molar-refractivity contribution in [2.75, 3.05) is 26.3 Å². The van der Waals surface area contributed by atoms with Crippen LogP contribution in [0.1, 0.15) is 36.5 Å². The van der Waals surface area contributed by atoms with Gasteiger partial charge >= 0.3 is 0 Å². The Morgan fingerprint density at radius 3 is 2.87 bits per heavy atom. The van der Waals surface area contributed by atoms with Crippen LogP contribution in [0.25, 0.3) is 0 Å². The molecule has 0 bridgehead atoms. The number of aliphatic hydroxyl groups excluding tert-OH is 1. The molecule has 1 aromatic rings. The van der Waals surface area contributed by atoms with E-state index in [2.05, 4.69) is 22.3 Å². The number of hydrogen-bond acceptors (Lipinski definition) is 4. The van der Waals surface area contributed by atoms with Crippen LogP contribution >= 0.6 is 0 Å². The van der Waals surface area contributed by atoms with Crippen LogP contribution in [0.4, 0.5) is 0 Å². The predicted molar refractivity (Wildman–Crippen MR) is 88.5 cm³/mol. The Morgan fingerprint density at radius 2 is 2.13 bits per heavy atom. The van der Waals surface area contributed by atoms with Gasteiger partial charge in [-0.05, 0) is 49.8 Å². The number of rotatable bonds is 6. The molecule has 1 unspecified atom stereocenters. The van der Waals surface area contributed by atoms with Crippen molar-refractivity contribution in [3.8, 4) is 5.75 Å². The van der Waals surface area contributed by atoms with Gasteiger partial charge in [0.05, 0.1) is 12.6 Å². The Balaban J connectivity index is 1.84. The molecule has 1 aliphatic heterocycles. The first-order valence-electron chi connectivity index (χ1n) is 8.63. The van der Waals surface area contributed by atoms with E-state index in [0.717, 1.165) is 30.7 Å². The summed E-state index contributed by atoms with van der Waals surface area (Å²) >= 11 is 0. The summed E-state index contributed by atoms with van der Waals surface area (Å²) in [5.41, 5.74) is 3.98. The zero-order chi connectivity index (χ0) is 16.2. The second-order valence-electron chi connectivity index (χ2n) is 6.30. The largest absolute Gasteiger partial charge is 0.494 e. The highest BCUT2D eigenvalue weighted by Gasteiger charge is 2.30. The fourth-order valence-corrected chi connectivity index (χ4v) is 3.67. The van der Waals surface area contributed by atoms with E-state index in [-0.39, 0.29) is 18.6 Å². The summed E-state index contributed by atoms with van der Waals surface area (Å²) in [5.74, 6) is 0.964. The average Bonchev–Trinajstić information content (AvgIpc) is 2.98. The van der Waals surface area contributed by atoms with Gasteiger partial charge in [-0.3, -0.25) is 9.69 Å². The summed E-state index contributed by atoms with van der Waals surface area (Å²) in [6.07, 6.45) is 3.95. The normalized spacial score (nSPS) is 21.1. The third kappa shape index (κ3) is 3.51. The minimum Gasteiger partial charge on any atom is -0.494 e. The first-order chi connectivity index (χ1) is 11.2. The van der Waals surface area contributed by atoms with E-state index in [4.69, 9.17) is 4.74 Å². The SMILES string of the molecule is CCOc1cc2c(cc1CN1CCNC(=O)C1CCO)CCC2. The summed E-state index contributed by atoms with van der Waals surface area (Å²) in [6.45, 7) is 4.83. The summed E-state index contributed by atoms with van der Waals surface area (Å²) in [6, 6.07) is 4.19. The monoisotopic (exact) mass is 318 g/mol. The number of benzene rings is 1. The summed E-state index contributed by atoms with van der Waals surface area (Å²) in [7, 11) is 0. The van der Waals surface area contributed by atoms with Crippen LogP contribution in [0.5, 0.6) is 5.75 Å². The van der Waals surface area contributed by atoms with Crippen LogP contribution in [-0.2, 0) is 24.2 Å². The first kappa shape index (κ1) is 16.3. The van der Waals surface area contributed by atoms with Crippen LogP contribution in [-0.4, -0.2) is 48.3 Å². The Kier molecular flexibility index (Phi) is 5.18. The third-order valence-electron chi connectivity index (χ3n) is 4.79. The van der Waals surface area contributed by atoms with Crippen molar-refractivity contribution in [2.45, 2.75) is 45.2 Å². The second-order valence-corrected chi connectivity index (χ2v) is 6.30. The number of aliphatic hydroxyl groups is 1. The summed E-state index contributed by atoms with van der Waals surface area (Å²) in [5, 5.41) is 12.1. The molecule has 1 amide bonds. The summed E-state index contributed by atoms with van der Waals surface area (Å²) in [4.78, 5) is 14.2. The lowest BCUT2D eigenvalue weighted by atomic mass is 10.0. The quantitative estimate of drug-likeness (QED) is 0.829. The highest BCUT2D eigenvalue weighted by Crippen LogP contribution is 2.31. The van der Waals surface area contributed by atoms with E-state index in [0.29, 0.717) is 26.1 Å². The number of nitrogens with zero attached hydrogens (tertiary/aromatic N) is 1. The van der Waals surface area contributed by atoms with Crippen molar-refractivity contribution in [3.63, 3.8) is 0 Å². The highest BCUT2D eigenvalue weighted by atomic mass is 16.5. The number of hydrogen-bond donors (Lipinski definition) is 2. The van der Waals surface area contributed by atoms with Gasteiger partial charge in [0.1, 0.15) is 5.75 Å². The molecule has 5 heteroatoms. The number of fused-ring (bicyclic) bond motifs is 1. The number of ether oxygens (including phenoxy) is 1. The van der Waals surface area contributed by atoms with Crippen molar-refractivity contribution < 1.29 is 14.6 Å². The van der Waals surface area contributed by atoms with E-state index in [1.165, 1.54) is 17.5 Å². The molecule has 0 spiro atoms. The van der Waals surface area contributed by atoms with Gasteiger partial charge in [0.15, 0.2) is 0 Å². The Hall–Kier alpha value is -1.59. The molecule has 2 N–H and O–H groups in total. The van der Waals surface area contributed by atoms with Gasteiger partial charge in [-0.25, -0.2) is 0 Å². The Labute approximate surface area is 137 Å². The zero-order valence-electron chi connectivity index (χ0n) is 13.8. The minimum absolute atomic E-state index is 0.0180. The standard InChI is InChI=1S/C18H26N2O3/c1-2-23-17-11-14-5-3-4-13(14)10-15(17)12-20-8-7-19-18(22)16(20)6-9-21/h10-11,16,21H,2-9,12H2,1H3,(H,19,22). The smallest absolute Gasteiger partial charge is 0.237 e. The molecule has 1 saturated heterocycles. The number of carbonyl (C=O) groups is 1. The fraction of sp³-hybridized carbons (Fsp3) is 0.611. The number of nitrogens with one attached hydrogen (secondary N) is 1. The lowest BCUT2D eigenvalue weighted by molar-refractivity contribution is -0.130. The van der Waals surface area contributed by atoms with Gasteiger partial charge < -0.3 is 15.2 Å². The first-order valence-corrected chi connectivity index (χ1v) is 8.63. The van der Waals surface area contributed by atoms with Crippen LogP contribution < -0.4 is 10.1 Å². The van der Waals surface area contributed by atoms with Crippen molar-refractivity contribution >= 4 is 5.91 Å². The lowest BCUT2D eigenvalue weighted by Crippen LogP contribution is -2.55. The van der Waals surface area contributed by atoms with E-state index in [1.54, 1.807) is 0 Å². The van der Waals surface area contributed by atoms with Crippen molar-refractivity contribution in [1.82, 2.24) is 10.2 Å². The predicted octanol–water partition coefficient (Wildman–Crippen LogP) is 1.26. The van der Waals surface area contributed by atoms with Gasteiger partial charge in [0, 0.05) is 31.8 Å². The van der Waals surface area contributed by atoms with Gasteiger partial charge in [-0.15, -0.1) is 0 Å². The van der Waals surface area contributed by atoms with Gasteiger partial charge in [-0.2, -0.15) is 0 Å².